The third kappa shape index (κ3) is 8.44. The Bertz CT molecular complexity index is 632. The largest absolute Gasteiger partial charge is 0.481 e. The molecule has 0 aliphatic carbocycles. The van der Waals surface area contributed by atoms with Gasteiger partial charge in [-0.05, 0) is 30.2 Å². The van der Waals surface area contributed by atoms with E-state index in [0.717, 1.165) is 11.6 Å². The summed E-state index contributed by atoms with van der Waals surface area (Å²) in [5, 5.41) is 0. The van der Waals surface area contributed by atoms with Crippen molar-refractivity contribution in [2.24, 2.45) is 0 Å². The number of unbranched alkanes of at least 4 members (excludes halogenated alkanes) is 1. The van der Waals surface area contributed by atoms with Crippen LogP contribution in [0.3, 0.4) is 0 Å². The van der Waals surface area contributed by atoms with Crippen LogP contribution in [0.5, 0.6) is 5.75 Å². The fraction of sp³-hybridized carbons (Fsp3) is 0.263. The Morgan fingerprint density at radius 2 is 1.92 bits per heavy atom. The topological polar surface area (TPSA) is 61.8 Å². The number of hydrogen-bond donors (Lipinski definition) is 0. The summed E-state index contributed by atoms with van der Waals surface area (Å²) >= 11 is 0. The van der Waals surface area contributed by atoms with Gasteiger partial charge in [-0.2, -0.15) is 0 Å². The Hall–Kier alpha value is -3.00. The van der Waals surface area contributed by atoms with Crippen molar-refractivity contribution in [2.75, 3.05) is 20.3 Å². The number of ether oxygens (including phenoxy) is 3. The second-order valence-electron chi connectivity index (χ2n) is 4.54. The van der Waals surface area contributed by atoms with E-state index in [0.29, 0.717) is 25.2 Å². The van der Waals surface area contributed by atoms with Crippen LogP contribution in [0.4, 0.5) is 0 Å². The zero-order valence-corrected chi connectivity index (χ0v) is 13.6. The second-order valence-corrected chi connectivity index (χ2v) is 4.54. The molecule has 0 aromatic heterocycles. The van der Waals surface area contributed by atoms with Crippen molar-refractivity contribution in [3.05, 3.63) is 48.6 Å². The lowest BCUT2D eigenvalue weighted by atomic mass is 10.2. The monoisotopic (exact) mass is 328 g/mol. The first kappa shape index (κ1) is 19.0. The minimum Gasteiger partial charge on any atom is -0.481 e. The molecule has 0 bridgehead atoms. The smallest absolute Gasteiger partial charge is 0.330 e. The molecule has 0 aliphatic heterocycles. The first-order chi connectivity index (χ1) is 11.7. The normalized spacial score (nSPS) is 9.71. The van der Waals surface area contributed by atoms with Gasteiger partial charge in [0.15, 0.2) is 0 Å². The average molecular weight is 328 g/mol. The highest BCUT2D eigenvalue weighted by atomic mass is 16.5. The summed E-state index contributed by atoms with van der Waals surface area (Å²) in [5.74, 6) is 5.71. The molecule has 0 N–H and O–H groups in total. The molecule has 5 heteroatoms. The number of hydrogen-bond acceptors (Lipinski definition) is 5. The molecule has 24 heavy (non-hydrogen) atoms. The van der Waals surface area contributed by atoms with Gasteiger partial charge in [0.2, 0.25) is 0 Å². The number of rotatable bonds is 8. The maximum absolute atomic E-state index is 11.0. The minimum absolute atomic E-state index is 0.282. The third-order valence-corrected chi connectivity index (χ3v) is 2.79. The van der Waals surface area contributed by atoms with Gasteiger partial charge in [-0.3, -0.25) is 0 Å². The predicted octanol–water partition coefficient (Wildman–Crippen LogP) is 2.76. The van der Waals surface area contributed by atoms with Crippen LogP contribution < -0.4 is 4.74 Å². The molecule has 0 saturated heterocycles. The average Bonchev–Trinajstić information content (AvgIpc) is 2.62. The van der Waals surface area contributed by atoms with Crippen LogP contribution in [0.1, 0.15) is 18.4 Å². The number of methoxy groups -OCH3 is 1. The van der Waals surface area contributed by atoms with Gasteiger partial charge in [-0.1, -0.05) is 30.6 Å². The van der Waals surface area contributed by atoms with Crippen LogP contribution in [0.15, 0.2) is 43.0 Å². The van der Waals surface area contributed by atoms with Crippen molar-refractivity contribution >= 4 is 18.0 Å². The van der Waals surface area contributed by atoms with Crippen LogP contribution in [0, 0.1) is 11.8 Å². The molecule has 0 unspecified atom stereocenters. The quantitative estimate of drug-likeness (QED) is 0.318. The summed E-state index contributed by atoms with van der Waals surface area (Å²) in [5.41, 5.74) is 0.868. The minimum atomic E-state index is -0.420. The summed E-state index contributed by atoms with van der Waals surface area (Å²) in [7, 11) is 1.33. The van der Waals surface area contributed by atoms with Gasteiger partial charge in [0, 0.05) is 18.6 Å². The molecular formula is C19H20O5. The number of esters is 2. The van der Waals surface area contributed by atoms with Gasteiger partial charge >= 0.3 is 11.9 Å². The van der Waals surface area contributed by atoms with Crippen molar-refractivity contribution in [2.45, 2.75) is 12.8 Å². The number of carbonyl (C=O) groups is 2. The Morgan fingerprint density at radius 1 is 1.17 bits per heavy atom. The van der Waals surface area contributed by atoms with E-state index in [1.165, 1.54) is 13.2 Å². The Morgan fingerprint density at radius 3 is 2.58 bits per heavy atom. The predicted molar refractivity (Wildman–Crippen MR) is 91.2 cm³/mol. The first-order valence-electron chi connectivity index (χ1n) is 7.39. The van der Waals surface area contributed by atoms with Crippen molar-refractivity contribution in [3.8, 4) is 17.6 Å². The van der Waals surface area contributed by atoms with Crippen LogP contribution in [0.25, 0.3) is 6.08 Å². The number of benzene rings is 1. The van der Waals surface area contributed by atoms with Crippen molar-refractivity contribution in [1.82, 2.24) is 0 Å². The van der Waals surface area contributed by atoms with E-state index < -0.39 is 11.9 Å². The summed E-state index contributed by atoms with van der Waals surface area (Å²) in [6, 6.07) is 7.26. The van der Waals surface area contributed by atoms with Crippen LogP contribution >= 0.6 is 0 Å². The van der Waals surface area contributed by atoms with Gasteiger partial charge in [0.05, 0.1) is 13.7 Å². The molecule has 0 spiro atoms. The van der Waals surface area contributed by atoms with E-state index in [9.17, 15) is 9.59 Å². The SMILES string of the molecule is C=CC(=O)OCCCC#CCOc1ccc(C=CC(=O)OC)cc1. The molecule has 0 aliphatic rings. The van der Waals surface area contributed by atoms with Crippen LogP contribution in [0.2, 0.25) is 0 Å². The van der Waals surface area contributed by atoms with Crippen LogP contribution in [-0.2, 0) is 19.1 Å². The number of carbonyl (C=O) groups excluding carboxylic acids is 2. The first-order valence-corrected chi connectivity index (χ1v) is 7.39. The highest BCUT2D eigenvalue weighted by molar-refractivity contribution is 5.86. The summed E-state index contributed by atoms with van der Waals surface area (Å²) < 4.78 is 14.8. The van der Waals surface area contributed by atoms with E-state index >= 15 is 0 Å². The summed E-state index contributed by atoms with van der Waals surface area (Å²) in [4.78, 5) is 21.8. The molecule has 5 nitrogen and oxygen atoms in total. The summed E-state index contributed by atoms with van der Waals surface area (Å²) in [6.07, 6.45) is 5.46. The lowest BCUT2D eigenvalue weighted by Gasteiger charge is -2.02. The maximum atomic E-state index is 11.0. The van der Waals surface area contributed by atoms with E-state index in [1.54, 1.807) is 18.2 Å². The van der Waals surface area contributed by atoms with Crippen LogP contribution in [-0.4, -0.2) is 32.3 Å². The molecule has 0 fully saturated rings. The lowest BCUT2D eigenvalue weighted by molar-refractivity contribution is -0.138. The Balaban J connectivity index is 2.25. The van der Waals surface area contributed by atoms with E-state index in [1.807, 2.05) is 12.1 Å². The second kappa shape index (κ2) is 11.6. The lowest BCUT2D eigenvalue weighted by Crippen LogP contribution is -2.01. The molecule has 0 atom stereocenters. The fourth-order valence-electron chi connectivity index (χ4n) is 1.56. The Kier molecular flexibility index (Phi) is 9.17. The van der Waals surface area contributed by atoms with Gasteiger partial charge < -0.3 is 14.2 Å². The fourth-order valence-corrected chi connectivity index (χ4v) is 1.56. The highest BCUT2D eigenvalue weighted by Gasteiger charge is 1.95. The molecule has 0 saturated carbocycles. The molecule has 1 rings (SSSR count). The van der Waals surface area contributed by atoms with Gasteiger partial charge in [-0.25, -0.2) is 9.59 Å². The van der Waals surface area contributed by atoms with Crippen molar-refractivity contribution < 1.29 is 23.8 Å². The van der Waals surface area contributed by atoms with Crippen molar-refractivity contribution in [1.29, 1.82) is 0 Å². The molecule has 0 radical (unpaired) electrons. The molecule has 0 heterocycles. The van der Waals surface area contributed by atoms with Gasteiger partial charge in [0.25, 0.3) is 0 Å². The van der Waals surface area contributed by atoms with E-state index in [2.05, 4.69) is 23.2 Å². The zero-order valence-electron chi connectivity index (χ0n) is 13.6. The molecule has 126 valence electrons. The van der Waals surface area contributed by atoms with E-state index in [-0.39, 0.29) is 6.61 Å². The van der Waals surface area contributed by atoms with Gasteiger partial charge in [0.1, 0.15) is 12.4 Å². The van der Waals surface area contributed by atoms with Gasteiger partial charge in [-0.15, -0.1) is 0 Å². The molecule has 1 aromatic rings. The summed E-state index contributed by atoms with van der Waals surface area (Å²) in [6.45, 7) is 3.93. The highest BCUT2D eigenvalue weighted by Crippen LogP contribution is 2.13. The van der Waals surface area contributed by atoms with E-state index in [4.69, 9.17) is 9.47 Å². The molecular weight excluding hydrogens is 308 g/mol. The zero-order chi connectivity index (χ0) is 17.6. The molecule has 1 aromatic carbocycles. The Labute approximate surface area is 141 Å². The standard InChI is InChI=1S/C19H20O5/c1-3-18(20)24-15-7-5-4-6-14-23-17-11-8-16(9-12-17)10-13-19(21)22-2/h3,8-13H,1,5,7,14-15H2,2H3. The third-order valence-electron chi connectivity index (χ3n) is 2.79. The maximum Gasteiger partial charge on any atom is 0.330 e. The van der Waals surface area contributed by atoms with Crippen molar-refractivity contribution in [3.63, 3.8) is 0 Å². The molecule has 0 amide bonds.